The average molecular weight is 278 g/mol. The molecule has 0 unspecified atom stereocenters. The second-order valence-corrected chi connectivity index (χ2v) is 3.90. The first-order valence-electron chi connectivity index (χ1n) is 2.86. The van der Waals surface area contributed by atoms with Crippen molar-refractivity contribution in [3.8, 4) is 0 Å². The van der Waals surface area contributed by atoms with E-state index in [1.54, 1.807) is 6.07 Å². The molecule has 0 saturated heterocycles. The third kappa shape index (κ3) is 0.990. The molecule has 5 heteroatoms. The molecule has 1 aromatic rings. The van der Waals surface area contributed by atoms with Crippen molar-refractivity contribution < 1.29 is 0 Å². The fourth-order valence-corrected chi connectivity index (χ4v) is 2.28. The number of rotatable bonds is 0. The summed E-state index contributed by atoms with van der Waals surface area (Å²) in [6.45, 7) is 0. The molecule has 0 saturated carbocycles. The molecule has 0 atom stereocenters. The highest BCUT2D eigenvalue weighted by Gasteiger charge is 2.15. The Morgan fingerprint density at radius 3 is 2.64 bits per heavy atom. The number of hydrogen-bond acceptors (Lipinski definition) is 2. The summed E-state index contributed by atoms with van der Waals surface area (Å²) in [7, 11) is 0. The van der Waals surface area contributed by atoms with Crippen LogP contribution < -0.4 is 15.6 Å². The maximum Gasteiger partial charge on any atom is 0.290 e. The highest BCUT2D eigenvalue weighted by Crippen LogP contribution is 2.11. The van der Waals surface area contributed by atoms with Crippen LogP contribution >= 0.6 is 31.9 Å². The average Bonchev–Trinajstić information content (AvgIpc) is 1.83. The Kier molecular flexibility index (Phi) is 1.50. The molecule has 0 fully saturated rings. The SMILES string of the molecule is [O-][N+]1=c2c(Br)cc(Br)cc2=N1. The maximum absolute atomic E-state index is 10.8. The van der Waals surface area contributed by atoms with Gasteiger partial charge in [0.05, 0.1) is 4.47 Å². The van der Waals surface area contributed by atoms with Crippen LogP contribution in [0, 0.1) is 5.21 Å². The lowest BCUT2D eigenvalue weighted by atomic mass is 10.3. The van der Waals surface area contributed by atoms with E-state index < -0.39 is 0 Å². The van der Waals surface area contributed by atoms with Crippen molar-refractivity contribution in [3.05, 3.63) is 37.0 Å². The van der Waals surface area contributed by atoms with Crippen LogP contribution in [-0.4, -0.2) is 0 Å². The van der Waals surface area contributed by atoms with E-state index in [9.17, 15) is 5.21 Å². The van der Waals surface area contributed by atoms with Crippen molar-refractivity contribution in [3.63, 3.8) is 0 Å². The highest BCUT2D eigenvalue weighted by atomic mass is 79.9. The van der Waals surface area contributed by atoms with Gasteiger partial charge < -0.3 is 5.21 Å². The van der Waals surface area contributed by atoms with E-state index >= 15 is 0 Å². The van der Waals surface area contributed by atoms with Gasteiger partial charge in [0.15, 0.2) is 0 Å². The highest BCUT2D eigenvalue weighted by molar-refractivity contribution is 9.11. The lowest BCUT2D eigenvalue weighted by Crippen LogP contribution is -2.45. The minimum atomic E-state index is 0.603. The zero-order chi connectivity index (χ0) is 8.01. The van der Waals surface area contributed by atoms with Crippen molar-refractivity contribution in [1.82, 2.24) is 4.85 Å². The summed E-state index contributed by atoms with van der Waals surface area (Å²) in [5.41, 5.74) is 0. The lowest BCUT2D eigenvalue weighted by Gasteiger charge is -2.02. The predicted molar refractivity (Wildman–Crippen MR) is 47.2 cm³/mol. The van der Waals surface area contributed by atoms with Crippen molar-refractivity contribution in [2.24, 2.45) is 5.10 Å². The van der Waals surface area contributed by atoms with E-state index in [1.807, 2.05) is 6.07 Å². The Labute approximate surface area is 78.9 Å². The van der Waals surface area contributed by atoms with Gasteiger partial charge in [-0.15, -0.1) is 0 Å². The van der Waals surface area contributed by atoms with E-state index in [1.165, 1.54) is 0 Å². The zero-order valence-corrected chi connectivity index (χ0v) is 8.39. The number of benzene rings is 1. The van der Waals surface area contributed by atoms with Gasteiger partial charge in [0.1, 0.15) is 0 Å². The number of hydrogen-bond donors (Lipinski definition) is 0. The van der Waals surface area contributed by atoms with Crippen LogP contribution in [0.25, 0.3) is 0 Å². The topological polar surface area (TPSA) is 38.4 Å². The molecule has 0 radical (unpaired) electrons. The molecule has 1 aliphatic rings. The van der Waals surface area contributed by atoms with Gasteiger partial charge in [-0.2, -0.15) is 0 Å². The Hall–Kier alpha value is -0.420. The third-order valence-electron chi connectivity index (χ3n) is 1.40. The molecule has 0 N–H and O–H groups in total. The van der Waals surface area contributed by atoms with Crippen LogP contribution in [-0.2, 0) is 0 Å². The molecule has 0 amide bonds. The maximum atomic E-state index is 10.8. The van der Waals surface area contributed by atoms with Crippen LogP contribution in [0.5, 0.6) is 0 Å². The first-order chi connectivity index (χ1) is 5.18. The summed E-state index contributed by atoms with van der Waals surface area (Å²) < 4.78 is 1.69. The molecular weight excluding hydrogens is 276 g/mol. The van der Waals surface area contributed by atoms with Gasteiger partial charge in [-0.05, 0) is 32.9 Å². The lowest BCUT2D eigenvalue weighted by molar-refractivity contribution is 0.673. The van der Waals surface area contributed by atoms with Gasteiger partial charge in [-0.25, -0.2) is 0 Å². The predicted octanol–water partition coefficient (Wildman–Crippen LogP) is 0.749. The molecule has 1 aromatic carbocycles. The second-order valence-electron chi connectivity index (χ2n) is 2.13. The summed E-state index contributed by atoms with van der Waals surface area (Å²) in [5.74, 6) is 0. The van der Waals surface area contributed by atoms with E-state index in [0.717, 1.165) is 14.3 Å². The fourth-order valence-electron chi connectivity index (χ4n) is 0.921. The van der Waals surface area contributed by atoms with Gasteiger partial charge >= 0.3 is 0 Å². The van der Waals surface area contributed by atoms with Crippen LogP contribution in [0.4, 0.5) is 0 Å². The van der Waals surface area contributed by atoms with Crippen molar-refractivity contribution in [2.75, 3.05) is 0 Å². The molecular formula is C6H2Br2N2O. The molecule has 3 nitrogen and oxygen atoms in total. The number of nitrogens with zero attached hydrogens (tertiary/aromatic N) is 2. The molecule has 0 aromatic heterocycles. The molecule has 11 heavy (non-hydrogen) atoms. The number of fused-ring (bicyclic) bond motifs is 1. The molecule has 56 valence electrons. The van der Waals surface area contributed by atoms with Crippen molar-refractivity contribution in [1.29, 1.82) is 0 Å². The van der Waals surface area contributed by atoms with E-state index in [0.29, 0.717) is 10.2 Å². The van der Waals surface area contributed by atoms with E-state index in [-0.39, 0.29) is 0 Å². The van der Waals surface area contributed by atoms with Crippen molar-refractivity contribution >= 4 is 31.9 Å². The van der Waals surface area contributed by atoms with Gasteiger partial charge in [-0.3, -0.25) is 0 Å². The van der Waals surface area contributed by atoms with E-state index in [4.69, 9.17) is 0 Å². The monoisotopic (exact) mass is 276 g/mol. The first-order valence-corrected chi connectivity index (χ1v) is 4.45. The minimum Gasteiger partial charge on any atom is -0.594 e. The van der Waals surface area contributed by atoms with Crippen LogP contribution in [0.15, 0.2) is 26.2 Å². The van der Waals surface area contributed by atoms with Crippen LogP contribution in [0.1, 0.15) is 0 Å². The quantitative estimate of drug-likeness (QED) is 0.509. The Morgan fingerprint density at radius 1 is 1.36 bits per heavy atom. The molecule has 1 heterocycles. The van der Waals surface area contributed by atoms with Crippen molar-refractivity contribution in [2.45, 2.75) is 0 Å². The zero-order valence-electron chi connectivity index (χ0n) is 5.21. The normalized spacial score (nSPS) is 13.5. The molecule has 0 bridgehead atoms. The fraction of sp³-hybridized carbons (Fsp3) is 0. The second kappa shape index (κ2) is 2.28. The number of halogens is 2. The van der Waals surface area contributed by atoms with Gasteiger partial charge in [0, 0.05) is 9.57 Å². The van der Waals surface area contributed by atoms with Crippen LogP contribution in [0.3, 0.4) is 0 Å². The summed E-state index contributed by atoms with van der Waals surface area (Å²) in [5, 5.41) is 15.7. The Morgan fingerprint density at radius 2 is 2.09 bits per heavy atom. The van der Waals surface area contributed by atoms with Crippen LogP contribution in [0.2, 0.25) is 0 Å². The summed E-state index contributed by atoms with van der Waals surface area (Å²) in [6, 6.07) is 3.62. The first kappa shape index (κ1) is 7.24. The molecule has 0 aliphatic carbocycles. The Balaban J connectivity index is 2.90. The van der Waals surface area contributed by atoms with Gasteiger partial charge in [-0.1, -0.05) is 15.9 Å². The molecule has 2 rings (SSSR count). The largest absolute Gasteiger partial charge is 0.594 e. The smallest absolute Gasteiger partial charge is 0.290 e. The minimum absolute atomic E-state index is 0.603. The Bertz CT molecular complexity index is 441. The molecule has 0 spiro atoms. The molecule has 1 aliphatic heterocycles. The summed E-state index contributed by atoms with van der Waals surface area (Å²) in [6.07, 6.45) is 0. The van der Waals surface area contributed by atoms with E-state index in [2.05, 4.69) is 37.0 Å². The third-order valence-corrected chi connectivity index (χ3v) is 2.46. The summed E-state index contributed by atoms with van der Waals surface area (Å²) >= 11 is 6.55. The van der Waals surface area contributed by atoms with Gasteiger partial charge in [0.25, 0.3) is 5.36 Å². The van der Waals surface area contributed by atoms with Gasteiger partial charge in [0.2, 0.25) is 5.36 Å². The summed E-state index contributed by atoms with van der Waals surface area (Å²) in [4.78, 5) is 0.603. The standard InChI is InChI=1S/C6H2Br2N2O/c7-3-1-4(8)6-5(2-3)9-10(6)11/h1-2H.